The molecule has 8 nitrogen and oxygen atoms in total. The zero-order valence-corrected chi connectivity index (χ0v) is 21.2. The molecule has 1 N–H and O–H groups in total. The molecule has 6 rings (SSSR count). The van der Waals surface area contributed by atoms with Crippen molar-refractivity contribution in [1.29, 1.82) is 0 Å². The van der Waals surface area contributed by atoms with Crippen LogP contribution in [-0.4, -0.2) is 26.0 Å². The predicted molar refractivity (Wildman–Crippen MR) is 138 cm³/mol. The number of benzene rings is 2. The molecule has 0 aliphatic carbocycles. The molecule has 36 heavy (non-hydrogen) atoms. The van der Waals surface area contributed by atoms with Gasteiger partial charge in [0.25, 0.3) is 5.56 Å². The number of ether oxygens (including phenoxy) is 1. The van der Waals surface area contributed by atoms with E-state index < -0.39 is 17.7 Å². The standard InChI is InChI=1S/C27H25N5O3S/c1-15-9-5-7-11-19(15)29-24(33)22-23-18-10-6-8-12-20(18)35-27(22,3)30-26-32(23)25(34)21(36-26)13-17-14-28-31(4)16(17)2/h5-14,22-23H,1-4H3,(H,29,33)/b21-13-. The summed E-state index contributed by atoms with van der Waals surface area (Å²) >= 11 is 1.30. The van der Waals surface area contributed by atoms with Gasteiger partial charge in [0.1, 0.15) is 11.7 Å². The lowest BCUT2D eigenvalue weighted by Crippen LogP contribution is -2.59. The maximum absolute atomic E-state index is 13.8. The number of para-hydroxylation sites is 2. The Hall–Kier alpha value is -3.98. The van der Waals surface area contributed by atoms with E-state index in [1.54, 1.807) is 15.4 Å². The Morgan fingerprint density at radius 3 is 2.67 bits per heavy atom. The second kappa shape index (κ2) is 8.03. The number of aryl methyl sites for hydroxylation is 2. The fraction of sp³-hybridized carbons (Fsp3) is 0.259. The average Bonchev–Trinajstić information content (AvgIpc) is 3.32. The summed E-state index contributed by atoms with van der Waals surface area (Å²) in [6.45, 7) is 5.72. The van der Waals surface area contributed by atoms with Crippen molar-refractivity contribution < 1.29 is 9.53 Å². The number of amides is 1. The summed E-state index contributed by atoms with van der Waals surface area (Å²) in [6.07, 6.45) is 3.59. The maximum Gasteiger partial charge on any atom is 0.270 e. The first-order chi connectivity index (χ1) is 17.3. The maximum atomic E-state index is 13.8. The number of carbonyl (C=O) groups excluding carboxylic acids is 1. The lowest BCUT2D eigenvalue weighted by Gasteiger charge is -2.45. The van der Waals surface area contributed by atoms with E-state index >= 15 is 0 Å². The van der Waals surface area contributed by atoms with Crippen LogP contribution in [0.15, 0.2) is 64.5 Å². The Morgan fingerprint density at radius 2 is 1.92 bits per heavy atom. The molecule has 2 aliphatic rings. The molecule has 0 fully saturated rings. The molecule has 0 saturated heterocycles. The third kappa shape index (κ3) is 3.34. The summed E-state index contributed by atoms with van der Waals surface area (Å²) in [5.41, 5.74) is 2.94. The largest absolute Gasteiger partial charge is 0.465 e. The quantitative estimate of drug-likeness (QED) is 0.469. The van der Waals surface area contributed by atoms with Crippen LogP contribution in [0.5, 0.6) is 5.75 Å². The molecule has 182 valence electrons. The molecule has 3 unspecified atom stereocenters. The molecular formula is C27H25N5O3S. The van der Waals surface area contributed by atoms with Crippen LogP contribution in [0.4, 0.5) is 5.69 Å². The molecular weight excluding hydrogens is 474 g/mol. The van der Waals surface area contributed by atoms with Crippen molar-refractivity contribution in [2.24, 2.45) is 18.0 Å². The van der Waals surface area contributed by atoms with Crippen molar-refractivity contribution >= 4 is 29.0 Å². The summed E-state index contributed by atoms with van der Waals surface area (Å²) in [7, 11) is 1.87. The highest BCUT2D eigenvalue weighted by Crippen LogP contribution is 2.47. The van der Waals surface area contributed by atoms with Gasteiger partial charge in [0.15, 0.2) is 4.80 Å². The molecule has 0 spiro atoms. The number of nitrogens with zero attached hydrogens (tertiary/aromatic N) is 4. The lowest BCUT2D eigenvalue weighted by atomic mass is 9.80. The van der Waals surface area contributed by atoms with Gasteiger partial charge in [-0.05, 0) is 44.5 Å². The van der Waals surface area contributed by atoms with Crippen LogP contribution in [0.25, 0.3) is 6.08 Å². The molecule has 2 aromatic heterocycles. The number of hydrogen-bond acceptors (Lipinski definition) is 6. The van der Waals surface area contributed by atoms with Crippen molar-refractivity contribution in [3.63, 3.8) is 0 Å². The third-order valence-corrected chi connectivity index (χ3v) is 8.11. The first kappa shape index (κ1) is 22.5. The van der Waals surface area contributed by atoms with Gasteiger partial charge in [0.05, 0.1) is 16.8 Å². The predicted octanol–water partition coefficient (Wildman–Crippen LogP) is 2.68. The monoisotopic (exact) mass is 499 g/mol. The van der Waals surface area contributed by atoms with Crippen LogP contribution in [0, 0.1) is 19.8 Å². The summed E-state index contributed by atoms with van der Waals surface area (Å²) < 4.78 is 10.3. The molecule has 4 heterocycles. The minimum Gasteiger partial charge on any atom is -0.465 e. The van der Waals surface area contributed by atoms with E-state index in [0.29, 0.717) is 15.1 Å². The van der Waals surface area contributed by atoms with Gasteiger partial charge in [-0.3, -0.25) is 18.8 Å². The van der Waals surface area contributed by atoms with Gasteiger partial charge < -0.3 is 10.1 Å². The van der Waals surface area contributed by atoms with Gasteiger partial charge in [-0.25, -0.2) is 4.99 Å². The van der Waals surface area contributed by atoms with Gasteiger partial charge >= 0.3 is 0 Å². The van der Waals surface area contributed by atoms with E-state index in [1.165, 1.54) is 11.3 Å². The summed E-state index contributed by atoms with van der Waals surface area (Å²) in [4.78, 5) is 33.1. The molecule has 4 aromatic rings. The first-order valence-electron chi connectivity index (χ1n) is 11.7. The minimum atomic E-state index is -1.18. The normalized spacial score (nSPS) is 22.3. The van der Waals surface area contributed by atoms with Crippen molar-refractivity contribution in [3.8, 4) is 5.75 Å². The van der Waals surface area contributed by atoms with E-state index in [9.17, 15) is 9.59 Å². The van der Waals surface area contributed by atoms with E-state index in [0.717, 1.165) is 28.1 Å². The fourth-order valence-corrected chi connectivity index (χ4v) is 6.16. The Labute approximate surface area is 211 Å². The first-order valence-corrected chi connectivity index (χ1v) is 12.5. The molecule has 3 atom stereocenters. The van der Waals surface area contributed by atoms with Gasteiger partial charge in [-0.2, -0.15) is 5.10 Å². The highest BCUT2D eigenvalue weighted by molar-refractivity contribution is 7.07. The number of nitrogens with one attached hydrogen (secondary N) is 1. The molecule has 9 heteroatoms. The Bertz CT molecular complexity index is 1720. The van der Waals surface area contributed by atoms with Gasteiger partial charge in [-0.15, -0.1) is 0 Å². The third-order valence-electron chi connectivity index (χ3n) is 7.12. The van der Waals surface area contributed by atoms with Crippen LogP contribution < -0.4 is 24.9 Å². The molecule has 1 amide bonds. The zero-order chi connectivity index (χ0) is 25.2. The SMILES string of the molecule is Cc1ccccc1NC(=O)C1C2c3ccccc3OC1(C)N=c1s/c(=C\c3cnn(C)c3C)c(=O)n12. The number of thiazole rings is 1. The molecule has 0 radical (unpaired) electrons. The van der Waals surface area contributed by atoms with E-state index in [1.807, 2.05) is 82.4 Å². The van der Waals surface area contributed by atoms with Gasteiger partial charge in [0, 0.05) is 29.6 Å². The second-order valence-electron chi connectivity index (χ2n) is 9.41. The molecule has 0 saturated carbocycles. The van der Waals surface area contributed by atoms with Crippen LogP contribution in [0.2, 0.25) is 0 Å². The number of anilines is 1. The van der Waals surface area contributed by atoms with Gasteiger partial charge in [0.2, 0.25) is 11.6 Å². The Balaban J connectivity index is 1.55. The highest BCUT2D eigenvalue weighted by Gasteiger charge is 2.55. The smallest absolute Gasteiger partial charge is 0.270 e. The Morgan fingerprint density at radius 1 is 1.17 bits per heavy atom. The summed E-state index contributed by atoms with van der Waals surface area (Å²) in [5, 5.41) is 7.35. The lowest BCUT2D eigenvalue weighted by molar-refractivity contribution is -0.131. The van der Waals surface area contributed by atoms with Crippen molar-refractivity contribution in [2.75, 3.05) is 5.32 Å². The number of fused-ring (bicyclic) bond motifs is 6. The van der Waals surface area contributed by atoms with E-state index in [4.69, 9.17) is 9.73 Å². The fourth-order valence-electron chi connectivity index (χ4n) is 5.07. The van der Waals surface area contributed by atoms with Crippen molar-refractivity contribution in [1.82, 2.24) is 14.3 Å². The van der Waals surface area contributed by atoms with Crippen LogP contribution in [0.3, 0.4) is 0 Å². The molecule has 2 aromatic carbocycles. The summed E-state index contributed by atoms with van der Waals surface area (Å²) in [6, 6.07) is 14.6. The Kier molecular flexibility index (Phi) is 5.01. The minimum absolute atomic E-state index is 0.181. The second-order valence-corrected chi connectivity index (χ2v) is 10.4. The molecule has 2 aliphatic heterocycles. The van der Waals surface area contributed by atoms with Crippen LogP contribution in [-0.2, 0) is 11.8 Å². The molecule has 2 bridgehead atoms. The van der Waals surface area contributed by atoms with Crippen molar-refractivity contribution in [2.45, 2.75) is 32.5 Å². The number of hydrogen-bond donors (Lipinski definition) is 1. The van der Waals surface area contributed by atoms with Gasteiger partial charge in [-0.1, -0.05) is 47.7 Å². The number of aromatic nitrogens is 3. The van der Waals surface area contributed by atoms with Crippen molar-refractivity contribution in [3.05, 3.63) is 96.8 Å². The topological polar surface area (TPSA) is 90.5 Å². The summed E-state index contributed by atoms with van der Waals surface area (Å²) in [5.74, 6) is -0.363. The highest BCUT2D eigenvalue weighted by atomic mass is 32.1. The van der Waals surface area contributed by atoms with E-state index in [2.05, 4.69) is 10.4 Å². The zero-order valence-electron chi connectivity index (χ0n) is 20.4. The van der Waals surface area contributed by atoms with Crippen LogP contribution >= 0.6 is 11.3 Å². The average molecular weight is 500 g/mol. The van der Waals surface area contributed by atoms with E-state index in [-0.39, 0.29) is 11.5 Å². The number of carbonyl (C=O) groups is 1. The number of rotatable bonds is 3. The van der Waals surface area contributed by atoms with Crippen LogP contribution in [0.1, 0.15) is 35.3 Å².